The van der Waals surface area contributed by atoms with Gasteiger partial charge < -0.3 is 25.3 Å². The van der Waals surface area contributed by atoms with Crippen LogP contribution in [-0.4, -0.2) is 38.9 Å². The molecule has 0 saturated heterocycles. The molecule has 132 valence electrons. The Morgan fingerprint density at radius 1 is 1.33 bits per heavy atom. The van der Waals surface area contributed by atoms with Gasteiger partial charge in [-0.3, -0.25) is 0 Å². The van der Waals surface area contributed by atoms with Crippen LogP contribution in [0, 0.1) is 5.41 Å². The molecule has 2 atom stereocenters. The fourth-order valence-corrected chi connectivity index (χ4v) is 3.83. The molecule has 2 unspecified atom stereocenters. The lowest BCUT2D eigenvalue weighted by atomic mass is 9.51. The maximum Gasteiger partial charge on any atom is 0.193 e. The van der Waals surface area contributed by atoms with Gasteiger partial charge in [0.25, 0.3) is 0 Å². The zero-order valence-corrected chi connectivity index (χ0v) is 14.7. The minimum atomic E-state index is 0.209. The van der Waals surface area contributed by atoms with E-state index in [2.05, 4.69) is 5.32 Å². The number of nitrogens with zero attached hydrogens (tertiary/aromatic N) is 1. The number of aliphatic imine (C=N–C) groups is 1. The van der Waals surface area contributed by atoms with E-state index >= 15 is 0 Å². The van der Waals surface area contributed by atoms with Crippen molar-refractivity contribution in [3.05, 3.63) is 18.2 Å². The van der Waals surface area contributed by atoms with Crippen LogP contribution >= 0.6 is 0 Å². The minimum absolute atomic E-state index is 0.209. The van der Waals surface area contributed by atoms with Crippen molar-refractivity contribution in [3.63, 3.8) is 0 Å². The van der Waals surface area contributed by atoms with Gasteiger partial charge >= 0.3 is 0 Å². The van der Waals surface area contributed by atoms with Gasteiger partial charge in [-0.05, 0) is 38.3 Å². The molecule has 0 aliphatic heterocycles. The monoisotopic (exact) mass is 333 g/mol. The van der Waals surface area contributed by atoms with Gasteiger partial charge in [-0.25, -0.2) is 4.99 Å². The zero-order chi connectivity index (χ0) is 17.2. The highest BCUT2D eigenvalue weighted by Gasteiger charge is 2.59. The van der Waals surface area contributed by atoms with Crippen LogP contribution in [0.5, 0.6) is 11.5 Å². The van der Waals surface area contributed by atoms with Gasteiger partial charge in [0.15, 0.2) is 5.96 Å². The van der Waals surface area contributed by atoms with E-state index < -0.39 is 0 Å². The van der Waals surface area contributed by atoms with Crippen molar-refractivity contribution in [2.45, 2.75) is 44.8 Å². The third-order valence-electron chi connectivity index (χ3n) is 5.36. The first-order chi connectivity index (χ1) is 11.6. The summed E-state index contributed by atoms with van der Waals surface area (Å²) in [6.45, 7) is 2.81. The molecule has 2 aliphatic carbocycles. The molecule has 6 nitrogen and oxygen atoms in total. The summed E-state index contributed by atoms with van der Waals surface area (Å²) in [5.74, 6) is 1.85. The second-order valence-corrected chi connectivity index (χ2v) is 6.49. The van der Waals surface area contributed by atoms with Crippen LogP contribution in [0.4, 0.5) is 5.69 Å². The number of rotatable bonds is 6. The normalized spacial score (nSPS) is 24.9. The Morgan fingerprint density at radius 2 is 2.12 bits per heavy atom. The van der Waals surface area contributed by atoms with E-state index in [9.17, 15) is 0 Å². The van der Waals surface area contributed by atoms with E-state index in [-0.39, 0.29) is 11.5 Å². The Hall–Kier alpha value is -1.95. The summed E-state index contributed by atoms with van der Waals surface area (Å²) < 4.78 is 16.5. The number of methoxy groups -OCH3 is 2. The number of nitrogens with two attached hydrogens (primary N) is 1. The molecule has 2 fully saturated rings. The molecule has 2 saturated carbocycles. The fourth-order valence-electron chi connectivity index (χ4n) is 3.83. The second-order valence-electron chi connectivity index (χ2n) is 6.49. The average Bonchev–Trinajstić information content (AvgIpc) is 2.52. The minimum Gasteiger partial charge on any atom is -0.497 e. The van der Waals surface area contributed by atoms with Gasteiger partial charge in [0.2, 0.25) is 0 Å². The molecule has 0 heterocycles. The quantitative estimate of drug-likeness (QED) is 0.618. The number of nitrogens with one attached hydrogen (secondary N) is 1. The molecule has 0 aromatic heterocycles. The van der Waals surface area contributed by atoms with E-state index in [0.29, 0.717) is 17.8 Å². The van der Waals surface area contributed by atoms with Crippen molar-refractivity contribution in [1.82, 2.24) is 0 Å². The summed E-state index contributed by atoms with van der Waals surface area (Å²) in [7, 11) is 3.26. The number of hydrogen-bond donors (Lipinski definition) is 2. The molecule has 2 aliphatic rings. The Kier molecular flexibility index (Phi) is 4.85. The van der Waals surface area contributed by atoms with Crippen LogP contribution in [0.1, 0.15) is 32.6 Å². The van der Waals surface area contributed by atoms with Gasteiger partial charge in [-0.2, -0.15) is 0 Å². The van der Waals surface area contributed by atoms with Gasteiger partial charge in [-0.15, -0.1) is 0 Å². The van der Waals surface area contributed by atoms with E-state index in [1.807, 2.05) is 25.1 Å². The summed E-state index contributed by atoms with van der Waals surface area (Å²) in [5, 5.41) is 3.15. The van der Waals surface area contributed by atoms with Gasteiger partial charge in [0, 0.05) is 18.1 Å². The fraction of sp³-hybridized carbons (Fsp3) is 0.611. The molecule has 0 amide bonds. The topological polar surface area (TPSA) is 78.1 Å². The van der Waals surface area contributed by atoms with Crippen LogP contribution < -0.4 is 20.5 Å². The number of hydrogen-bond acceptors (Lipinski definition) is 4. The maximum absolute atomic E-state index is 6.15. The first kappa shape index (κ1) is 16.9. The average molecular weight is 333 g/mol. The van der Waals surface area contributed by atoms with E-state index in [1.54, 1.807) is 14.2 Å². The molecule has 3 N–H and O–H groups in total. The van der Waals surface area contributed by atoms with Crippen LogP contribution in [0.15, 0.2) is 23.2 Å². The number of anilines is 1. The van der Waals surface area contributed by atoms with Crippen LogP contribution in [0.3, 0.4) is 0 Å². The number of benzene rings is 1. The molecule has 1 spiro atoms. The SMILES string of the molecule is CCOC1CC(N=C(N)Nc2cc(OC)ccc2OC)C12CCC2. The van der Waals surface area contributed by atoms with Crippen LogP contribution in [0.2, 0.25) is 0 Å². The molecule has 0 radical (unpaired) electrons. The first-order valence-electron chi connectivity index (χ1n) is 8.57. The van der Waals surface area contributed by atoms with Crippen molar-refractivity contribution in [2.75, 3.05) is 26.1 Å². The number of guanidine groups is 1. The molecule has 24 heavy (non-hydrogen) atoms. The summed E-state index contributed by atoms with van der Waals surface area (Å²) in [6.07, 6.45) is 4.91. The van der Waals surface area contributed by atoms with Crippen LogP contribution in [0.25, 0.3) is 0 Å². The molecule has 0 bridgehead atoms. The Labute approximate surface area is 143 Å². The molecule has 3 rings (SSSR count). The second kappa shape index (κ2) is 6.89. The number of ether oxygens (including phenoxy) is 3. The zero-order valence-electron chi connectivity index (χ0n) is 14.7. The Bertz CT molecular complexity index is 614. The third-order valence-corrected chi connectivity index (χ3v) is 5.36. The van der Waals surface area contributed by atoms with E-state index in [4.69, 9.17) is 24.9 Å². The third kappa shape index (κ3) is 2.90. The predicted octanol–water partition coefficient (Wildman–Crippen LogP) is 2.78. The molecular formula is C18H27N3O3. The van der Waals surface area contributed by atoms with E-state index in [0.717, 1.165) is 24.5 Å². The summed E-state index contributed by atoms with van der Waals surface area (Å²) in [5.41, 5.74) is 7.11. The lowest BCUT2D eigenvalue weighted by Crippen LogP contribution is -2.61. The van der Waals surface area contributed by atoms with Crippen LogP contribution in [-0.2, 0) is 4.74 Å². The Morgan fingerprint density at radius 3 is 2.71 bits per heavy atom. The molecule has 1 aromatic carbocycles. The Balaban J connectivity index is 1.71. The first-order valence-corrected chi connectivity index (χ1v) is 8.57. The largest absolute Gasteiger partial charge is 0.497 e. The summed E-state index contributed by atoms with van der Waals surface area (Å²) >= 11 is 0. The van der Waals surface area contributed by atoms with Gasteiger partial charge in [0.1, 0.15) is 11.5 Å². The predicted molar refractivity (Wildman–Crippen MR) is 94.9 cm³/mol. The highest BCUT2D eigenvalue weighted by molar-refractivity contribution is 5.94. The summed E-state index contributed by atoms with van der Waals surface area (Å²) in [4.78, 5) is 4.72. The van der Waals surface area contributed by atoms with Crippen molar-refractivity contribution in [2.24, 2.45) is 16.1 Å². The lowest BCUT2D eigenvalue weighted by molar-refractivity contribution is -0.162. The van der Waals surface area contributed by atoms with Crippen molar-refractivity contribution < 1.29 is 14.2 Å². The van der Waals surface area contributed by atoms with Gasteiger partial charge in [0.05, 0.1) is 32.1 Å². The molecule has 1 aromatic rings. The standard InChI is InChI=1S/C18H27N3O3/c1-4-24-16-11-15(18(16)8-5-9-18)21-17(19)20-13-10-12(22-2)6-7-14(13)23-3/h6-7,10,15-16H,4-5,8-9,11H2,1-3H3,(H3,19,20,21). The van der Waals surface area contributed by atoms with E-state index in [1.165, 1.54) is 19.3 Å². The van der Waals surface area contributed by atoms with Crippen molar-refractivity contribution in [1.29, 1.82) is 0 Å². The highest BCUT2D eigenvalue weighted by atomic mass is 16.5. The molecule has 6 heteroatoms. The highest BCUT2D eigenvalue weighted by Crippen LogP contribution is 2.58. The van der Waals surface area contributed by atoms with Crippen molar-refractivity contribution in [3.8, 4) is 11.5 Å². The smallest absolute Gasteiger partial charge is 0.193 e. The molecular weight excluding hydrogens is 306 g/mol. The van der Waals surface area contributed by atoms with Gasteiger partial charge in [-0.1, -0.05) is 6.42 Å². The maximum atomic E-state index is 6.15. The van der Waals surface area contributed by atoms with Crippen molar-refractivity contribution >= 4 is 11.6 Å². The lowest BCUT2D eigenvalue weighted by Gasteiger charge is -2.59. The summed E-state index contributed by atoms with van der Waals surface area (Å²) in [6, 6.07) is 5.78.